The van der Waals surface area contributed by atoms with Crippen LogP contribution in [0.3, 0.4) is 0 Å². The summed E-state index contributed by atoms with van der Waals surface area (Å²) in [6, 6.07) is 0. The molecule has 2 aliphatic rings. The van der Waals surface area contributed by atoms with E-state index in [9.17, 15) is 4.21 Å². The van der Waals surface area contributed by atoms with Gasteiger partial charge in [-0.15, -0.1) is 30.0 Å². The van der Waals surface area contributed by atoms with Gasteiger partial charge in [0.1, 0.15) is 26.4 Å². The van der Waals surface area contributed by atoms with Crippen molar-refractivity contribution in [3.8, 4) is 0 Å². The molecule has 0 radical (unpaired) electrons. The Morgan fingerprint density at radius 3 is 1.16 bits per heavy atom. The minimum absolute atomic E-state index is 0. The molecule has 2 heterocycles. The first-order valence-electron chi connectivity index (χ1n) is 11.1. The van der Waals surface area contributed by atoms with Crippen LogP contribution < -0.4 is 0 Å². The van der Waals surface area contributed by atoms with Crippen LogP contribution in [0.5, 0.6) is 0 Å². The van der Waals surface area contributed by atoms with Gasteiger partial charge in [-0.05, 0) is 0 Å². The summed E-state index contributed by atoms with van der Waals surface area (Å²) in [6.45, 7) is 4.38. The first-order chi connectivity index (χ1) is 20.4. The van der Waals surface area contributed by atoms with E-state index in [1.807, 2.05) is 0 Å². The zero-order valence-corrected chi connectivity index (χ0v) is 25.4. The van der Waals surface area contributed by atoms with Gasteiger partial charge < -0.3 is 39.4 Å². The highest BCUT2D eigenvalue weighted by Gasteiger charge is 2.05. The van der Waals surface area contributed by atoms with Crippen molar-refractivity contribution in [1.29, 1.82) is 0 Å². The molecule has 0 atom stereocenters. The summed E-state index contributed by atoms with van der Waals surface area (Å²) in [5, 5.41) is 32.3. The molecule has 0 aromatic rings. The van der Waals surface area contributed by atoms with Crippen molar-refractivity contribution in [2.45, 2.75) is 14.9 Å². The minimum atomic E-state index is -3.11. The molecule has 0 saturated carbocycles. The van der Waals surface area contributed by atoms with E-state index in [0.29, 0.717) is 78.4 Å². The van der Waals surface area contributed by atoms with Crippen LogP contribution in [0.25, 0.3) is 0 Å². The minimum Gasteiger partial charge on any atom is -0.394 e. The van der Waals surface area contributed by atoms with Gasteiger partial charge in [0.05, 0.1) is 79.3 Å². The summed E-state index contributed by atoms with van der Waals surface area (Å²) in [6.07, 6.45) is 0. The topological polar surface area (TPSA) is 294 Å². The molecule has 2 rings (SSSR count). The van der Waals surface area contributed by atoms with Crippen LogP contribution in [0, 0.1) is 0 Å². The number of aliphatic hydroxyl groups excluding tert-OH is 4. The Morgan fingerprint density at radius 2 is 0.886 bits per heavy atom. The smallest absolute Gasteiger partial charge is 0.394 e. The fourth-order valence-electron chi connectivity index (χ4n) is 1.31. The zero-order chi connectivity index (χ0) is 32.4. The third-order valence-electron chi connectivity index (χ3n) is 2.55. The van der Waals surface area contributed by atoms with Crippen LogP contribution in [0.4, 0.5) is 0 Å². The van der Waals surface area contributed by atoms with E-state index in [0.717, 1.165) is 0 Å². The summed E-state index contributed by atoms with van der Waals surface area (Å²) in [7, 11) is -3.11. The van der Waals surface area contributed by atoms with Gasteiger partial charge in [-0.25, -0.2) is 19.6 Å². The Kier molecular flexibility index (Phi) is 73.3. The number of hydrogen-bond donors (Lipinski definition) is 4. The lowest BCUT2D eigenvalue weighted by Crippen LogP contribution is -2.15. The van der Waals surface area contributed by atoms with Gasteiger partial charge in [-0.2, -0.15) is 12.6 Å². The van der Waals surface area contributed by atoms with Gasteiger partial charge >= 0.3 is 33.5 Å². The fourth-order valence-corrected chi connectivity index (χ4v) is 1.87. The number of hydrogen-bond acceptors (Lipinski definition) is 23. The van der Waals surface area contributed by atoms with Crippen molar-refractivity contribution >= 4 is 45.9 Å². The maximum absolute atomic E-state index is 10.5. The van der Waals surface area contributed by atoms with Crippen molar-refractivity contribution in [3.63, 3.8) is 0 Å². The van der Waals surface area contributed by atoms with Gasteiger partial charge in [0, 0.05) is 0 Å². The van der Waals surface area contributed by atoms with E-state index in [-0.39, 0.29) is 54.5 Å². The maximum Gasteiger partial charge on any atom is 0.425 e. The Bertz CT molecular complexity index is 584. The maximum atomic E-state index is 10.5. The lowest BCUT2D eigenvalue weighted by atomic mass is 10.7. The molecule has 0 unspecified atom stereocenters. The van der Waals surface area contributed by atoms with Crippen LogP contribution in [0.15, 0.2) is 0 Å². The van der Waals surface area contributed by atoms with Gasteiger partial charge in [0.2, 0.25) is 12.3 Å². The summed E-state index contributed by atoms with van der Waals surface area (Å²) in [4.78, 5) is 17.9. The van der Waals surface area contributed by atoms with Gasteiger partial charge in [-0.3, -0.25) is 0 Å². The molecule has 2 fully saturated rings. The van der Waals surface area contributed by atoms with Crippen molar-refractivity contribution < 1.29 is 102 Å². The summed E-state index contributed by atoms with van der Waals surface area (Å²) in [5.41, 5.74) is 0. The van der Waals surface area contributed by atoms with Gasteiger partial charge in [-0.1, -0.05) is 14.9 Å². The summed E-state index contributed by atoms with van der Waals surface area (Å²) < 4.78 is 88.7. The van der Waals surface area contributed by atoms with E-state index in [4.69, 9.17) is 50.9 Å². The molecule has 26 heteroatoms. The monoisotopic (exact) mass is 740 g/mol. The molecule has 2 saturated heterocycles. The van der Waals surface area contributed by atoms with Crippen LogP contribution in [0.1, 0.15) is 14.9 Å². The van der Waals surface area contributed by atoms with Crippen molar-refractivity contribution in [3.05, 3.63) is 0 Å². The molecule has 0 bridgehead atoms. The summed E-state index contributed by atoms with van der Waals surface area (Å²) in [5.74, 6) is 0. The van der Waals surface area contributed by atoms with Gasteiger partial charge in [0.25, 0.3) is 0 Å². The molecule has 4 N–H and O–H groups in total. The van der Waals surface area contributed by atoms with E-state index in [1.54, 1.807) is 0 Å². The Hall–Kier alpha value is -0.700. The van der Waals surface area contributed by atoms with Crippen LogP contribution >= 0.6 is 12.3 Å². The normalized spacial score (nSPS) is 15.5. The first-order valence-corrected chi connectivity index (χ1v) is 14.4. The lowest BCUT2D eigenvalue weighted by Gasteiger charge is -2.07. The fraction of sp³-hybridized carbons (Fsp3) is 1.00. The number of aliphatic hydroxyl groups is 4. The Balaban J connectivity index is -0.000000102. The third-order valence-corrected chi connectivity index (χ3v) is 3.26. The van der Waals surface area contributed by atoms with E-state index < -0.39 is 33.5 Å². The lowest BCUT2D eigenvalue weighted by molar-refractivity contribution is -0.267. The van der Waals surface area contributed by atoms with E-state index in [1.165, 1.54) is 0 Å². The first kappa shape index (κ1) is 55.7. The van der Waals surface area contributed by atoms with Crippen LogP contribution in [-0.2, 0) is 89.4 Å². The quantitative estimate of drug-likeness (QED) is 0.114. The van der Waals surface area contributed by atoms with Crippen LogP contribution in [-0.4, -0.2) is 151 Å². The molecule has 44 heavy (non-hydrogen) atoms. The average Bonchev–Trinajstić information content (AvgIpc) is 2.97. The van der Waals surface area contributed by atoms with Crippen LogP contribution in [0.2, 0.25) is 0 Å². The third kappa shape index (κ3) is 78.1. The highest BCUT2D eigenvalue weighted by atomic mass is 32.2. The van der Waals surface area contributed by atoms with Crippen molar-refractivity contribution in [2.75, 3.05) is 106 Å². The average molecular weight is 741 g/mol. The SMILES string of the molecule is C.C.C1COOSOOCCO1.O=S(=O)=O.O=S1OOCCOCCOO1.O=S=O.OCCOCCO.OCCOCCO. The second kappa shape index (κ2) is 57.9. The predicted molar refractivity (Wildman–Crippen MR) is 148 cm³/mol. The highest BCUT2D eigenvalue weighted by molar-refractivity contribution is 7.89. The Morgan fingerprint density at radius 1 is 0.614 bits per heavy atom. The number of rotatable bonds is 8. The highest BCUT2D eigenvalue weighted by Crippen LogP contribution is 2.06. The molecular formula is C18H44O22S4. The zero-order valence-electron chi connectivity index (χ0n) is 22.1. The molecule has 0 aromatic heterocycles. The molecule has 0 spiro atoms. The number of ether oxygens (including phenoxy) is 4. The van der Waals surface area contributed by atoms with Crippen molar-refractivity contribution in [1.82, 2.24) is 0 Å². The molecule has 0 amide bonds. The standard InChI is InChI=1S/C4H8O6S.C4H8O5S.2C4H10O3.2CH4.O3S.O2S/c5-11-9-7-3-1-6-2-4-8-10-11;1-3-6-8-10-9-7-4-2-5-1;2*5-1-3-7-4-2-6;;;1-4(2)3;1-3-2/h1-4H2;1-4H2;2*5-6H,1-4H2;2*1H4;;. The molecule has 272 valence electrons. The van der Waals surface area contributed by atoms with E-state index in [2.05, 4.69) is 46.4 Å². The largest absolute Gasteiger partial charge is 0.425 e. The summed E-state index contributed by atoms with van der Waals surface area (Å²) >= 11 is -2.09. The Labute approximate surface area is 267 Å². The van der Waals surface area contributed by atoms with Gasteiger partial charge in [0.15, 0.2) is 0 Å². The predicted octanol–water partition coefficient (Wildman–Crippen LogP) is -2.46. The second-order valence-electron chi connectivity index (χ2n) is 5.45. The van der Waals surface area contributed by atoms with Crippen molar-refractivity contribution in [2.24, 2.45) is 0 Å². The molecule has 0 aromatic carbocycles. The molecule has 22 nitrogen and oxygen atoms in total. The second-order valence-corrected chi connectivity index (χ2v) is 7.08. The van der Waals surface area contributed by atoms with E-state index >= 15 is 0 Å². The molecule has 0 aliphatic carbocycles. The molecular weight excluding hydrogens is 696 g/mol. The molecule has 2 aliphatic heterocycles.